The number of rotatable bonds is 15. The van der Waals surface area contributed by atoms with E-state index in [4.69, 9.17) is 9.69 Å². The molecule has 0 aromatic rings. The second-order valence-electron chi connectivity index (χ2n) is 7.21. The molecule has 2 nitrogen and oxygen atoms in total. The third-order valence-corrected chi connectivity index (χ3v) is 6.84. The van der Waals surface area contributed by atoms with E-state index in [1.165, 1.54) is 64.2 Å². The molecule has 0 aliphatic carbocycles. The third-order valence-electron chi connectivity index (χ3n) is 4.31. The van der Waals surface area contributed by atoms with Gasteiger partial charge in [0, 0.05) is 12.5 Å². The Labute approximate surface area is 140 Å². The molecule has 130 valence electrons. The Hall–Kier alpha value is -0.333. The minimum Gasteiger partial charge on any atom is -0.414 e. The van der Waals surface area contributed by atoms with E-state index in [1.807, 2.05) is 0 Å². The van der Waals surface area contributed by atoms with Gasteiger partial charge in [0.25, 0.3) is 0 Å². The summed E-state index contributed by atoms with van der Waals surface area (Å²) in [6.07, 6.45) is 15.3. The quantitative estimate of drug-likeness (QED) is 0.244. The van der Waals surface area contributed by atoms with Gasteiger partial charge in [0.2, 0.25) is 0 Å². The summed E-state index contributed by atoms with van der Waals surface area (Å²) < 4.78 is 6.54. The predicted molar refractivity (Wildman–Crippen MR) is 99.5 cm³/mol. The van der Waals surface area contributed by atoms with Gasteiger partial charge < -0.3 is 4.43 Å². The van der Waals surface area contributed by atoms with Gasteiger partial charge in [-0.15, -0.1) is 0 Å². The van der Waals surface area contributed by atoms with Crippen molar-refractivity contribution < 1.29 is 4.43 Å². The van der Waals surface area contributed by atoms with Gasteiger partial charge in [-0.2, -0.15) is 5.26 Å². The molecule has 0 saturated carbocycles. The van der Waals surface area contributed by atoms with Crippen LogP contribution in [0.5, 0.6) is 0 Å². The number of hydrogen-bond donors (Lipinski definition) is 0. The smallest absolute Gasteiger partial charge is 0.187 e. The van der Waals surface area contributed by atoms with Gasteiger partial charge >= 0.3 is 0 Å². The zero-order valence-corrected chi connectivity index (χ0v) is 16.6. The van der Waals surface area contributed by atoms with Gasteiger partial charge in [0.15, 0.2) is 8.32 Å². The topological polar surface area (TPSA) is 33.0 Å². The Morgan fingerprint density at radius 3 is 2.09 bits per heavy atom. The summed E-state index contributed by atoms with van der Waals surface area (Å²) >= 11 is 0. The van der Waals surface area contributed by atoms with Crippen molar-refractivity contribution in [2.45, 2.75) is 116 Å². The first-order valence-corrected chi connectivity index (χ1v) is 12.7. The highest BCUT2D eigenvalue weighted by Gasteiger charge is 2.25. The average molecular weight is 326 g/mol. The molecule has 3 heteroatoms. The molecule has 0 spiro atoms. The lowest BCUT2D eigenvalue weighted by Crippen LogP contribution is -2.35. The highest BCUT2D eigenvalue weighted by atomic mass is 28.4. The molecule has 0 rings (SSSR count). The second kappa shape index (κ2) is 14.3. The Kier molecular flexibility index (Phi) is 14.1. The van der Waals surface area contributed by atoms with Gasteiger partial charge in [-0.05, 0) is 38.4 Å². The molecule has 0 aliphatic heterocycles. The molecule has 0 bridgehead atoms. The van der Waals surface area contributed by atoms with Gasteiger partial charge in [0.1, 0.15) is 0 Å². The summed E-state index contributed by atoms with van der Waals surface area (Å²) in [7, 11) is -1.59. The summed E-state index contributed by atoms with van der Waals surface area (Å²) in [4.78, 5) is 0. The summed E-state index contributed by atoms with van der Waals surface area (Å²) in [5.74, 6) is 0. The van der Waals surface area contributed by atoms with E-state index in [0.29, 0.717) is 12.5 Å². The van der Waals surface area contributed by atoms with Gasteiger partial charge in [-0.25, -0.2) is 0 Å². The summed E-state index contributed by atoms with van der Waals surface area (Å²) in [5.41, 5.74) is 0. The molecule has 0 aliphatic rings. The Morgan fingerprint density at radius 2 is 1.45 bits per heavy atom. The molecule has 0 fully saturated rings. The molecule has 1 atom stereocenters. The van der Waals surface area contributed by atoms with E-state index < -0.39 is 8.32 Å². The number of nitriles is 1. The van der Waals surface area contributed by atoms with Crippen molar-refractivity contribution in [2.24, 2.45) is 0 Å². The number of hydrogen-bond acceptors (Lipinski definition) is 2. The Balaban J connectivity index is 4.06. The van der Waals surface area contributed by atoms with E-state index in [2.05, 4.69) is 33.0 Å². The standard InChI is InChI=1S/C19H39NOSi/c1-5-7-9-10-11-12-16-19(15-8-6-2)21-22(3,4)18-14-13-17-20/h19H,5-16,18H2,1-4H3. The first-order valence-electron chi connectivity index (χ1n) is 9.60. The maximum Gasteiger partial charge on any atom is 0.187 e. The van der Waals surface area contributed by atoms with Crippen LogP contribution in [0.1, 0.15) is 90.9 Å². The lowest BCUT2D eigenvalue weighted by Gasteiger charge is -2.29. The van der Waals surface area contributed by atoms with Crippen molar-refractivity contribution >= 4 is 8.32 Å². The largest absolute Gasteiger partial charge is 0.414 e. The Bertz CT molecular complexity index is 286. The summed E-state index contributed by atoms with van der Waals surface area (Å²) in [6.45, 7) is 9.18. The van der Waals surface area contributed by atoms with Crippen LogP contribution in [0.25, 0.3) is 0 Å². The van der Waals surface area contributed by atoms with E-state index in [0.717, 1.165) is 12.5 Å². The van der Waals surface area contributed by atoms with Crippen molar-refractivity contribution in [3.05, 3.63) is 0 Å². The third kappa shape index (κ3) is 13.3. The fourth-order valence-electron chi connectivity index (χ4n) is 2.95. The minimum absolute atomic E-state index is 0.467. The predicted octanol–water partition coefficient (Wildman–Crippen LogP) is 6.82. The van der Waals surface area contributed by atoms with Crippen molar-refractivity contribution in [2.75, 3.05) is 0 Å². The zero-order chi connectivity index (χ0) is 16.7. The molecule has 0 amide bonds. The molecule has 0 N–H and O–H groups in total. The number of unbranched alkanes of at least 4 members (excludes halogenated alkanes) is 7. The van der Waals surface area contributed by atoms with Crippen LogP contribution in [-0.4, -0.2) is 14.4 Å². The molecular formula is C19H39NOSi. The minimum atomic E-state index is -1.59. The fraction of sp³-hybridized carbons (Fsp3) is 0.947. The zero-order valence-electron chi connectivity index (χ0n) is 15.6. The highest BCUT2D eigenvalue weighted by molar-refractivity contribution is 6.71. The molecule has 0 radical (unpaired) electrons. The van der Waals surface area contributed by atoms with Crippen LogP contribution in [0.3, 0.4) is 0 Å². The lowest BCUT2D eigenvalue weighted by atomic mass is 10.0. The molecule has 22 heavy (non-hydrogen) atoms. The van der Waals surface area contributed by atoms with Crippen molar-refractivity contribution in [1.82, 2.24) is 0 Å². The molecule has 0 aromatic carbocycles. The molecule has 0 saturated heterocycles. The van der Waals surface area contributed by atoms with Gasteiger partial charge in [-0.1, -0.05) is 65.2 Å². The Morgan fingerprint density at radius 1 is 0.864 bits per heavy atom. The van der Waals surface area contributed by atoms with Crippen LogP contribution in [0, 0.1) is 11.3 Å². The highest BCUT2D eigenvalue weighted by Crippen LogP contribution is 2.23. The van der Waals surface area contributed by atoms with Crippen LogP contribution < -0.4 is 0 Å². The first kappa shape index (κ1) is 21.7. The van der Waals surface area contributed by atoms with E-state index in [-0.39, 0.29) is 0 Å². The van der Waals surface area contributed by atoms with Crippen LogP contribution in [0.15, 0.2) is 0 Å². The van der Waals surface area contributed by atoms with Crippen LogP contribution >= 0.6 is 0 Å². The lowest BCUT2D eigenvalue weighted by molar-refractivity contribution is 0.163. The maximum absolute atomic E-state index is 8.69. The summed E-state index contributed by atoms with van der Waals surface area (Å²) in [5, 5.41) is 8.69. The normalized spacial score (nSPS) is 13.0. The van der Waals surface area contributed by atoms with Crippen LogP contribution in [0.2, 0.25) is 19.1 Å². The fourth-order valence-corrected chi connectivity index (χ4v) is 5.23. The monoisotopic (exact) mass is 325 g/mol. The number of nitrogens with zero attached hydrogens (tertiary/aromatic N) is 1. The molecule has 1 unspecified atom stereocenters. The molecule has 0 heterocycles. The van der Waals surface area contributed by atoms with Crippen LogP contribution in [-0.2, 0) is 4.43 Å². The summed E-state index contributed by atoms with van der Waals surface area (Å²) in [6, 6.07) is 3.38. The first-order chi connectivity index (χ1) is 10.6. The van der Waals surface area contributed by atoms with Gasteiger partial charge in [-0.3, -0.25) is 0 Å². The molecule has 0 aromatic heterocycles. The second-order valence-corrected chi connectivity index (χ2v) is 11.5. The average Bonchev–Trinajstić information content (AvgIpc) is 2.48. The van der Waals surface area contributed by atoms with Crippen molar-refractivity contribution in [1.29, 1.82) is 5.26 Å². The van der Waals surface area contributed by atoms with Crippen LogP contribution in [0.4, 0.5) is 0 Å². The van der Waals surface area contributed by atoms with E-state index >= 15 is 0 Å². The van der Waals surface area contributed by atoms with Gasteiger partial charge in [0.05, 0.1) is 6.07 Å². The van der Waals surface area contributed by atoms with Crippen molar-refractivity contribution in [3.63, 3.8) is 0 Å². The van der Waals surface area contributed by atoms with E-state index in [9.17, 15) is 0 Å². The maximum atomic E-state index is 8.69. The van der Waals surface area contributed by atoms with Crippen molar-refractivity contribution in [3.8, 4) is 6.07 Å². The SMILES string of the molecule is CCCCCCCCC(CCCC)O[Si](C)(C)CCCC#N. The van der Waals surface area contributed by atoms with E-state index in [1.54, 1.807) is 0 Å². The molecular weight excluding hydrogens is 286 g/mol.